The first-order valence-corrected chi connectivity index (χ1v) is 7.95. The Bertz CT molecular complexity index is 731. The summed E-state index contributed by atoms with van der Waals surface area (Å²) in [6.07, 6.45) is 0.679. The van der Waals surface area contributed by atoms with Crippen LogP contribution in [0.5, 0.6) is 0 Å². The largest absolute Gasteiger partial charge is 0.395 e. The van der Waals surface area contributed by atoms with Gasteiger partial charge in [0.1, 0.15) is 0 Å². The molecule has 0 bridgehead atoms. The molecule has 0 radical (unpaired) electrons. The highest BCUT2D eigenvalue weighted by Gasteiger charge is 2.08. The van der Waals surface area contributed by atoms with Gasteiger partial charge in [0, 0.05) is 43.5 Å². The van der Waals surface area contributed by atoms with Crippen LogP contribution in [-0.2, 0) is 11.2 Å². The maximum atomic E-state index is 12.0. The van der Waals surface area contributed by atoms with Gasteiger partial charge < -0.3 is 15.3 Å². The number of rotatable bonds is 8. The standard InChI is InChI=1S/C18H21N3O4/c1-20(11-12-22)16-8-6-15(7-9-16)19-18(23)10-5-14-3-2-4-17(13-14)21(24)25/h2-4,6-9,13,22H,5,10-12H2,1H3,(H,19,23). The minimum Gasteiger partial charge on any atom is -0.395 e. The van der Waals surface area contributed by atoms with Gasteiger partial charge in [0.15, 0.2) is 0 Å². The monoisotopic (exact) mass is 343 g/mol. The maximum absolute atomic E-state index is 12.0. The van der Waals surface area contributed by atoms with Gasteiger partial charge in [0.25, 0.3) is 5.69 Å². The number of nitrogens with one attached hydrogen (secondary N) is 1. The van der Waals surface area contributed by atoms with Gasteiger partial charge in [-0.2, -0.15) is 0 Å². The number of hydrogen-bond acceptors (Lipinski definition) is 5. The molecule has 0 heterocycles. The molecule has 7 heteroatoms. The van der Waals surface area contributed by atoms with E-state index in [0.29, 0.717) is 18.7 Å². The fourth-order valence-electron chi connectivity index (χ4n) is 2.39. The third-order valence-electron chi connectivity index (χ3n) is 3.79. The quantitative estimate of drug-likeness (QED) is 0.567. The average Bonchev–Trinajstić information content (AvgIpc) is 2.61. The summed E-state index contributed by atoms with van der Waals surface area (Å²) in [6, 6.07) is 13.6. The van der Waals surface area contributed by atoms with E-state index in [1.165, 1.54) is 12.1 Å². The van der Waals surface area contributed by atoms with Crippen molar-refractivity contribution in [2.45, 2.75) is 12.8 Å². The highest BCUT2D eigenvalue weighted by molar-refractivity contribution is 5.91. The van der Waals surface area contributed by atoms with Crippen molar-refractivity contribution in [1.82, 2.24) is 0 Å². The smallest absolute Gasteiger partial charge is 0.269 e. The number of amides is 1. The molecule has 0 saturated carbocycles. The number of non-ortho nitro benzene ring substituents is 1. The molecular formula is C18H21N3O4. The van der Waals surface area contributed by atoms with E-state index in [2.05, 4.69) is 5.32 Å². The van der Waals surface area contributed by atoms with Crippen molar-refractivity contribution in [3.63, 3.8) is 0 Å². The normalized spacial score (nSPS) is 10.3. The van der Waals surface area contributed by atoms with E-state index in [4.69, 9.17) is 5.11 Å². The fourth-order valence-corrected chi connectivity index (χ4v) is 2.39. The maximum Gasteiger partial charge on any atom is 0.269 e. The Balaban J connectivity index is 1.88. The summed E-state index contributed by atoms with van der Waals surface area (Å²) in [5.41, 5.74) is 2.42. The molecule has 0 aromatic heterocycles. The SMILES string of the molecule is CN(CCO)c1ccc(NC(=O)CCc2cccc([N+](=O)[O-])c2)cc1. The van der Waals surface area contributed by atoms with E-state index in [0.717, 1.165) is 11.3 Å². The molecule has 0 spiro atoms. The van der Waals surface area contributed by atoms with E-state index in [-0.39, 0.29) is 24.6 Å². The number of likely N-dealkylation sites (N-methyl/N-ethyl adjacent to an activating group) is 1. The number of aliphatic hydroxyl groups is 1. The lowest BCUT2D eigenvalue weighted by atomic mass is 10.1. The van der Waals surface area contributed by atoms with Gasteiger partial charge in [-0.15, -0.1) is 0 Å². The van der Waals surface area contributed by atoms with E-state index in [1.807, 2.05) is 24.1 Å². The van der Waals surface area contributed by atoms with Crippen LogP contribution in [0.2, 0.25) is 0 Å². The Kier molecular flexibility index (Phi) is 6.47. The van der Waals surface area contributed by atoms with Crippen LogP contribution < -0.4 is 10.2 Å². The van der Waals surface area contributed by atoms with Crippen LogP contribution in [0.25, 0.3) is 0 Å². The summed E-state index contributed by atoms with van der Waals surface area (Å²) in [5, 5.41) is 22.5. The molecule has 2 rings (SSSR count). The topological polar surface area (TPSA) is 95.7 Å². The van der Waals surface area contributed by atoms with Crippen LogP contribution in [0.1, 0.15) is 12.0 Å². The molecule has 0 saturated heterocycles. The van der Waals surface area contributed by atoms with Gasteiger partial charge in [-0.1, -0.05) is 12.1 Å². The zero-order valence-corrected chi connectivity index (χ0v) is 14.0. The number of hydrogen-bond donors (Lipinski definition) is 2. The van der Waals surface area contributed by atoms with Crippen molar-refractivity contribution in [3.8, 4) is 0 Å². The van der Waals surface area contributed by atoms with Crippen molar-refractivity contribution < 1.29 is 14.8 Å². The average molecular weight is 343 g/mol. The van der Waals surface area contributed by atoms with Crippen LogP contribution in [-0.4, -0.2) is 36.1 Å². The van der Waals surface area contributed by atoms with Gasteiger partial charge in [-0.25, -0.2) is 0 Å². The summed E-state index contributed by atoms with van der Waals surface area (Å²) >= 11 is 0. The van der Waals surface area contributed by atoms with Crippen LogP contribution >= 0.6 is 0 Å². The van der Waals surface area contributed by atoms with Gasteiger partial charge in [-0.3, -0.25) is 14.9 Å². The molecule has 2 aromatic carbocycles. The zero-order valence-electron chi connectivity index (χ0n) is 14.0. The molecule has 2 aromatic rings. The predicted octanol–water partition coefficient (Wildman–Crippen LogP) is 2.59. The number of nitrogens with zero attached hydrogens (tertiary/aromatic N) is 2. The summed E-state index contributed by atoms with van der Waals surface area (Å²) in [7, 11) is 1.88. The first-order valence-electron chi connectivity index (χ1n) is 7.95. The minimum atomic E-state index is -0.446. The molecular weight excluding hydrogens is 322 g/mol. The Hall–Kier alpha value is -2.93. The van der Waals surface area contributed by atoms with Crippen LogP contribution in [0.15, 0.2) is 48.5 Å². The van der Waals surface area contributed by atoms with Crippen molar-refractivity contribution >= 4 is 23.0 Å². The summed E-state index contributed by atoms with van der Waals surface area (Å²) in [4.78, 5) is 24.3. The van der Waals surface area contributed by atoms with Gasteiger partial charge in [0.2, 0.25) is 5.91 Å². The number of benzene rings is 2. The number of aryl methyl sites for hydroxylation is 1. The Morgan fingerprint density at radius 1 is 1.24 bits per heavy atom. The first kappa shape index (κ1) is 18.4. The number of carbonyl (C=O) groups is 1. The van der Waals surface area contributed by atoms with Crippen LogP contribution in [0.4, 0.5) is 17.1 Å². The zero-order chi connectivity index (χ0) is 18.2. The van der Waals surface area contributed by atoms with Crippen molar-refractivity contribution in [2.24, 2.45) is 0 Å². The molecule has 2 N–H and O–H groups in total. The van der Waals surface area contributed by atoms with Crippen LogP contribution in [0, 0.1) is 10.1 Å². The van der Waals surface area contributed by atoms with Crippen molar-refractivity contribution in [3.05, 3.63) is 64.2 Å². The van der Waals surface area contributed by atoms with E-state index in [9.17, 15) is 14.9 Å². The lowest BCUT2D eigenvalue weighted by Gasteiger charge is -2.18. The number of nitro benzene ring substituents is 1. The number of nitro groups is 1. The lowest BCUT2D eigenvalue weighted by molar-refractivity contribution is -0.384. The molecule has 1 amide bonds. The lowest BCUT2D eigenvalue weighted by Crippen LogP contribution is -2.21. The molecule has 7 nitrogen and oxygen atoms in total. The Morgan fingerprint density at radius 2 is 1.96 bits per heavy atom. The third kappa shape index (κ3) is 5.58. The second kappa shape index (κ2) is 8.79. The fraction of sp³-hybridized carbons (Fsp3) is 0.278. The second-order valence-electron chi connectivity index (χ2n) is 5.67. The highest BCUT2D eigenvalue weighted by Crippen LogP contribution is 2.18. The first-order chi connectivity index (χ1) is 12.0. The molecule has 0 aliphatic heterocycles. The Morgan fingerprint density at radius 3 is 2.60 bits per heavy atom. The molecule has 0 aliphatic carbocycles. The third-order valence-corrected chi connectivity index (χ3v) is 3.79. The molecule has 0 unspecified atom stereocenters. The van der Waals surface area contributed by atoms with Crippen molar-refractivity contribution in [1.29, 1.82) is 0 Å². The summed E-state index contributed by atoms with van der Waals surface area (Å²) in [6.45, 7) is 0.613. The molecule has 0 atom stereocenters. The molecule has 132 valence electrons. The summed E-state index contributed by atoms with van der Waals surface area (Å²) < 4.78 is 0. The van der Waals surface area contributed by atoms with E-state index >= 15 is 0 Å². The number of aliphatic hydroxyl groups excluding tert-OH is 1. The van der Waals surface area contributed by atoms with E-state index in [1.54, 1.807) is 24.3 Å². The molecule has 25 heavy (non-hydrogen) atoms. The summed E-state index contributed by atoms with van der Waals surface area (Å²) in [5.74, 6) is -0.150. The van der Waals surface area contributed by atoms with E-state index < -0.39 is 4.92 Å². The molecule has 0 fully saturated rings. The van der Waals surface area contributed by atoms with Crippen LogP contribution in [0.3, 0.4) is 0 Å². The number of anilines is 2. The van der Waals surface area contributed by atoms with Gasteiger partial charge >= 0.3 is 0 Å². The van der Waals surface area contributed by atoms with Gasteiger partial charge in [0.05, 0.1) is 11.5 Å². The van der Waals surface area contributed by atoms with Crippen molar-refractivity contribution in [2.75, 3.05) is 30.4 Å². The van der Waals surface area contributed by atoms with Gasteiger partial charge in [-0.05, 0) is 36.2 Å². The second-order valence-corrected chi connectivity index (χ2v) is 5.67. The number of carbonyl (C=O) groups excluding carboxylic acids is 1. The molecule has 0 aliphatic rings. The Labute approximate surface area is 146 Å². The highest BCUT2D eigenvalue weighted by atomic mass is 16.6. The predicted molar refractivity (Wildman–Crippen MR) is 96.8 cm³/mol. The minimum absolute atomic E-state index is 0.0282.